The van der Waals surface area contributed by atoms with Crippen molar-refractivity contribution in [3.05, 3.63) is 34.4 Å². The maximum absolute atomic E-state index is 10.5. The van der Waals surface area contributed by atoms with Crippen molar-refractivity contribution >= 4 is 11.7 Å². The Morgan fingerprint density at radius 3 is 2.43 bits per heavy atom. The molecule has 6 nitrogen and oxygen atoms in total. The van der Waals surface area contributed by atoms with Crippen LogP contribution in [0.4, 0.5) is 5.69 Å². The van der Waals surface area contributed by atoms with Gasteiger partial charge < -0.3 is 4.74 Å². The number of rotatable bonds is 2. The van der Waals surface area contributed by atoms with E-state index in [4.69, 9.17) is 5.26 Å². The van der Waals surface area contributed by atoms with Crippen molar-refractivity contribution in [3.8, 4) is 11.8 Å². The number of nitrogens with zero attached hydrogens (tertiary/aromatic N) is 2. The number of esters is 1. The highest BCUT2D eigenvalue weighted by Gasteiger charge is 2.06. The van der Waals surface area contributed by atoms with Crippen LogP contribution in [0, 0.1) is 21.4 Å². The number of nitro groups is 1. The van der Waals surface area contributed by atoms with Gasteiger partial charge in [-0.05, 0) is 12.1 Å². The summed E-state index contributed by atoms with van der Waals surface area (Å²) in [6, 6.07) is 6.10. The number of carbonyl (C=O) groups excluding carboxylic acids is 1. The van der Waals surface area contributed by atoms with Gasteiger partial charge in [-0.1, -0.05) is 0 Å². The van der Waals surface area contributed by atoms with Crippen LogP contribution in [0.2, 0.25) is 0 Å². The highest BCUT2D eigenvalue weighted by molar-refractivity contribution is 5.87. The van der Waals surface area contributed by atoms with Gasteiger partial charge in [0.15, 0.2) is 6.07 Å². The van der Waals surface area contributed by atoms with Crippen LogP contribution in [0.15, 0.2) is 24.3 Å². The van der Waals surface area contributed by atoms with E-state index in [9.17, 15) is 14.9 Å². The minimum Gasteiger partial charge on any atom is -0.415 e. The highest BCUT2D eigenvalue weighted by Crippen LogP contribution is 2.17. The van der Waals surface area contributed by atoms with Crippen molar-refractivity contribution in [2.24, 2.45) is 0 Å². The molecule has 0 aromatic heterocycles. The van der Waals surface area contributed by atoms with Crippen LogP contribution < -0.4 is 4.74 Å². The minimum atomic E-state index is -1.06. The number of ether oxygens (including phenoxy) is 1. The lowest BCUT2D eigenvalue weighted by atomic mass is 10.3. The summed E-state index contributed by atoms with van der Waals surface area (Å²) in [5.74, 6) is -0.957. The second-order valence-corrected chi connectivity index (χ2v) is 2.25. The molecule has 0 spiro atoms. The summed E-state index contributed by atoms with van der Waals surface area (Å²) >= 11 is 0. The molecule has 0 atom stereocenters. The largest absolute Gasteiger partial charge is 0.416 e. The number of hydrogen-bond acceptors (Lipinski definition) is 5. The number of benzene rings is 1. The lowest BCUT2D eigenvalue weighted by molar-refractivity contribution is -0.384. The number of nitriles is 1. The molecule has 1 rings (SSSR count). The van der Waals surface area contributed by atoms with E-state index in [2.05, 4.69) is 4.74 Å². The number of hydrogen-bond donors (Lipinski definition) is 0. The summed E-state index contributed by atoms with van der Waals surface area (Å²) in [4.78, 5) is 20.1. The molecule has 0 aliphatic heterocycles. The van der Waals surface area contributed by atoms with Gasteiger partial charge in [-0.15, -0.1) is 0 Å². The molecule has 0 bridgehead atoms. The zero-order chi connectivity index (χ0) is 10.6. The van der Waals surface area contributed by atoms with E-state index in [0.29, 0.717) is 0 Å². The average Bonchev–Trinajstić information content (AvgIpc) is 2.18. The molecule has 0 N–H and O–H groups in total. The molecule has 0 unspecified atom stereocenters. The normalized spacial score (nSPS) is 8.79. The molecule has 0 fully saturated rings. The van der Waals surface area contributed by atoms with Crippen molar-refractivity contribution in [2.75, 3.05) is 0 Å². The molecule has 0 saturated carbocycles. The van der Waals surface area contributed by atoms with Gasteiger partial charge in [0.05, 0.1) is 4.92 Å². The molecule has 6 heteroatoms. The molecule has 0 saturated heterocycles. The van der Waals surface area contributed by atoms with Crippen LogP contribution in [0.1, 0.15) is 0 Å². The monoisotopic (exact) mass is 192 g/mol. The zero-order valence-corrected chi connectivity index (χ0v) is 6.84. The first-order valence-electron chi connectivity index (χ1n) is 3.50. The topological polar surface area (TPSA) is 93.2 Å². The molecule has 0 aliphatic carbocycles. The van der Waals surface area contributed by atoms with Crippen molar-refractivity contribution in [1.29, 1.82) is 5.26 Å². The van der Waals surface area contributed by atoms with Crippen LogP contribution in [0.5, 0.6) is 5.75 Å². The molecule has 1 aromatic rings. The summed E-state index contributed by atoms with van der Waals surface area (Å²) in [5, 5.41) is 18.3. The maximum Gasteiger partial charge on any atom is 0.416 e. The Labute approximate surface area is 78.5 Å². The van der Waals surface area contributed by atoms with E-state index in [1.807, 2.05) is 0 Å². The first kappa shape index (κ1) is 9.67. The van der Waals surface area contributed by atoms with Gasteiger partial charge >= 0.3 is 5.97 Å². The summed E-state index contributed by atoms with van der Waals surface area (Å²) < 4.78 is 4.48. The number of non-ortho nitro benzene ring substituents is 1. The van der Waals surface area contributed by atoms with Gasteiger partial charge in [-0.2, -0.15) is 5.26 Å². The molecule has 70 valence electrons. The second kappa shape index (κ2) is 4.00. The Bertz CT molecular complexity index is 404. The van der Waals surface area contributed by atoms with E-state index in [1.54, 1.807) is 0 Å². The maximum atomic E-state index is 10.5. The van der Waals surface area contributed by atoms with E-state index in [1.165, 1.54) is 30.3 Å². The summed E-state index contributed by atoms with van der Waals surface area (Å²) in [6.07, 6.45) is 0. The predicted octanol–water partition coefficient (Wildman–Crippen LogP) is 1.02. The standard InChI is InChI=1S/C8H4N2O4/c9-5-8(11)14-7-3-1-6(2-4-7)10(12)13/h1-4H. The van der Waals surface area contributed by atoms with Gasteiger partial charge in [0.25, 0.3) is 5.69 Å². The van der Waals surface area contributed by atoms with Gasteiger partial charge in [0.1, 0.15) is 5.75 Å². The van der Waals surface area contributed by atoms with Gasteiger partial charge in [-0.25, -0.2) is 4.79 Å². The third kappa shape index (κ3) is 2.28. The van der Waals surface area contributed by atoms with Gasteiger partial charge in [0, 0.05) is 12.1 Å². The smallest absolute Gasteiger partial charge is 0.415 e. The molecule has 1 aromatic carbocycles. The van der Waals surface area contributed by atoms with Crippen LogP contribution in [-0.2, 0) is 4.79 Å². The number of nitro benzene ring substituents is 1. The van der Waals surface area contributed by atoms with E-state index >= 15 is 0 Å². The van der Waals surface area contributed by atoms with Gasteiger partial charge in [-0.3, -0.25) is 10.1 Å². The van der Waals surface area contributed by atoms with Crippen molar-refractivity contribution in [3.63, 3.8) is 0 Å². The molecule has 0 radical (unpaired) electrons. The van der Waals surface area contributed by atoms with Crippen molar-refractivity contribution in [2.45, 2.75) is 0 Å². The quantitative estimate of drug-likeness (QED) is 0.229. The SMILES string of the molecule is N#CC(=O)Oc1ccc([N+](=O)[O-])cc1. The van der Waals surface area contributed by atoms with Gasteiger partial charge in [0.2, 0.25) is 0 Å². The first-order valence-corrected chi connectivity index (χ1v) is 3.50. The lowest BCUT2D eigenvalue weighted by Gasteiger charge is -1.97. The second-order valence-electron chi connectivity index (χ2n) is 2.25. The Kier molecular flexibility index (Phi) is 2.76. The first-order chi connectivity index (χ1) is 6.63. The van der Waals surface area contributed by atoms with E-state index in [0.717, 1.165) is 0 Å². The zero-order valence-electron chi connectivity index (χ0n) is 6.84. The molecule has 0 aliphatic rings. The molecule has 0 amide bonds. The Morgan fingerprint density at radius 2 is 2.00 bits per heavy atom. The Hall–Kier alpha value is -2.42. The van der Waals surface area contributed by atoms with Crippen LogP contribution in [0.25, 0.3) is 0 Å². The molecular formula is C8H4N2O4. The van der Waals surface area contributed by atoms with Crippen LogP contribution >= 0.6 is 0 Å². The van der Waals surface area contributed by atoms with Crippen molar-refractivity contribution in [1.82, 2.24) is 0 Å². The molecular weight excluding hydrogens is 188 g/mol. The van der Waals surface area contributed by atoms with Crippen LogP contribution in [0.3, 0.4) is 0 Å². The van der Waals surface area contributed by atoms with E-state index < -0.39 is 10.9 Å². The summed E-state index contributed by atoms with van der Waals surface area (Å²) in [7, 11) is 0. The van der Waals surface area contributed by atoms with Crippen molar-refractivity contribution < 1.29 is 14.5 Å². The minimum absolute atomic E-state index is 0.0992. The molecule has 14 heavy (non-hydrogen) atoms. The Balaban J connectivity index is 2.80. The molecule has 0 heterocycles. The predicted molar refractivity (Wildman–Crippen MR) is 44.3 cm³/mol. The van der Waals surface area contributed by atoms with E-state index in [-0.39, 0.29) is 11.4 Å². The summed E-state index contributed by atoms with van der Waals surface area (Å²) in [5.41, 5.74) is -0.109. The Morgan fingerprint density at radius 1 is 1.43 bits per heavy atom. The highest BCUT2D eigenvalue weighted by atomic mass is 16.6. The average molecular weight is 192 g/mol. The third-order valence-corrected chi connectivity index (χ3v) is 1.35. The fraction of sp³-hybridized carbons (Fsp3) is 0. The fourth-order valence-corrected chi connectivity index (χ4v) is 0.766. The fourth-order valence-electron chi connectivity index (χ4n) is 0.766. The lowest BCUT2D eigenvalue weighted by Crippen LogP contribution is -2.03. The number of carbonyl (C=O) groups is 1. The third-order valence-electron chi connectivity index (χ3n) is 1.35. The van der Waals surface area contributed by atoms with Crippen LogP contribution in [-0.4, -0.2) is 10.9 Å². The summed E-state index contributed by atoms with van der Waals surface area (Å²) in [6.45, 7) is 0.